The molecule has 9 heteroatoms. The molecule has 8 nitrogen and oxygen atoms in total. The van der Waals surface area contributed by atoms with Crippen molar-refractivity contribution in [1.29, 1.82) is 0 Å². The third-order valence-corrected chi connectivity index (χ3v) is 4.38. The van der Waals surface area contributed by atoms with Crippen LogP contribution in [0.25, 0.3) is 11.3 Å². The van der Waals surface area contributed by atoms with E-state index in [9.17, 15) is 14.9 Å². The van der Waals surface area contributed by atoms with Crippen LogP contribution < -0.4 is 10.2 Å². The minimum Gasteiger partial charge on any atom is -0.481 e. The summed E-state index contributed by atoms with van der Waals surface area (Å²) in [6, 6.07) is 16.5. The van der Waals surface area contributed by atoms with Crippen LogP contribution in [-0.4, -0.2) is 23.1 Å². The molecule has 3 aromatic rings. The zero-order chi connectivity index (χ0) is 20.8. The van der Waals surface area contributed by atoms with E-state index in [0.717, 1.165) is 4.47 Å². The number of hydrogen-bond acceptors (Lipinski definition) is 6. The van der Waals surface area contributed by atoms with Crippen molar-refractivity contribution in [3.63, 3.8) is 0 Å². The Bertz CT molecular complexity index is 1030. The van der Waals surface area contributed by atoms with Gasteiger partial charge in [0.25, 0.3) is 11.6 Å². The Labute approximate surface area is 174 Å². The topological polar surface area (TPSA) is 107 Å². The van der Waals surface area contributed by atoms with E-state index < -0.39 is 16.9 Å². The number of non-ortho nitro benzene ring substituents is 1. The predicted octanol–water partition coefficient (Wildman–Crippen LogP) is 4.53. The van der Waals surface area contributed by atoms with Crippen molar-refractivity contribution in [2.45, 2.75) is 13.0 Å². The molecule has 1 heterocycles. The normalized spacial score (nSPS) is 11.9. The van der Waals surface area contributed by atoms with Crippen molar-refractivity contribution >= 4 is 33.7 Å². The van der Waals surface area contributed by atoms with Gasteiger partial charge in [0, 0.05) is 22.2 Å². The van der Waals surface area contributed by atoms with Crippen molar-refractivity contribution in [3.05, 3.63) is 81.0 Å². The summed E-state index contributed by atoms with van der Waals surface area (Å²) >= 11 is 3.33. The van der Waals surface area contributed by atoms with E-state index in [-0.39, 0.29) is 5.69 Å². The molecule has 0 unspecified atom stereocenters. The summed E-state index contributed by atoms with van der Waals surface area (Å²) in [7, 11) is 0. The summed E-state index contributed by atoms with van der Waals surface area (Å²) < 4.78 is 12.1. The number of nitro benzene ring substituents is 1. The Kier molecular flexibility index (Phi) is 6.40. The van der Waals surface area contributed by atoms with E-state index in [1.54, 1.807) is 43.3 Å². The van der Waals surface area contributed by atoms with Crippen molar-refractivity contribution in [3.8, 4) is 17.1 Å². The van der Waals surface area contributed by atoms with Crippen molar-refractivity contribution in [1.82, 2.24) is 5.43 Å². The third-order valence-electron chi connectivity index (χ3n) is 3.85. The Morgan fingerprint density at radius 3 is 2.52 bits per heavy atom. The molecular formula is C20H16BrN3O5. The maximum Gasteiger partial charge on any atom is 0.280 e. The lowest BCUT2D eigenvalue weighted by Crippen LogP contribution is -2.33. The minimum atomic E-state index is -0.736. The first-order chi connectivity index (χ1) is 13.9. The molecule has 0 aliphatic heterocycles. The molecule has 0 spiro atoms. The summed E-state index contributed by atoms with van der Waals surface area (Å²) in [4.78, 5) is 22.3. The highest BCUT2D eigenvalue weighted by molar-refractivity contribution is 9.10. The molecular weight excluding hydrogens is 442 g/mol. The molecule has 2 aromatic carbocycles. The number of furan rings is 1. The number of hydrogen-bond donors (Lipinski definition) is 1. The van der Waals surface area contributed by atoms with Gasteiger partial charge in [-0.15, -0.1) is 0 Å². The first kappa shape index (κ1) is 20.3. The van der Waals surface area contributed by atoms with Crippen LogP contribution in [0.5, 0.6) is 5.75 Å². The molecule has 0 saturated carbocycles. The fourth-order valence-corrected chi connectivity index (χ4v) is 2.61. The molecule has 0 bridgehead atoms. The number of ether oxygens (including phenoxy) is 1. The molecule has 1 N–H and O–H groups in total. The van der Waals surface area contributed by atoms with Gasteiger partial charge in [0.2, 0.25) is 0 Å². The number of amides is 1. The second-order valence-corrected chi connectivity index (χ2v) is 6.87. The molecule has 1 atom stereocenters. The van der Waals surface area contributed by atoms with E-state index in [2.05, 4.69) is 26.5 Å². The van der Waals surface area contributed by atoms with Gasteiger partial charge in [-0.2, -0.15) is 5.10 Å². The van der Waals surface area contributed by atoms with Crippen molar-refractivity contribution in [2.24, 2.45) is 5.10 Å². The summed E-state index contributed by atoms with van der Waals surface area (Å²) in [5.41, 5.74) is 3.09. The summed E-state index contributed by atoms with van der Waals surface area (Å²) in [5.74, 6) is 1.10. The number of hydrazone groups is 1. The predicted molar refractivity (Wildman–Crippen MR) is 111 cm³/mol. The molecule has 0 fully saturated rings. The van der Waals surface area contributed by atoms with E-state index >= 15 is 0 Å². The molecule has 0 saturated heterocycles. The fourth-order valence-electron chi connectivity index (χ4n) is 2.35. The van der Waals surface area contributed by atoms with Crippen LogP contribution in [0.2, 0.25) is 0 Å². The van der Waals surface area contributed by atoms with Gasteiger partial charge in [-0.05, 0) is 55.5 Å². The Hall–Kier alpha value is -3.46. The first-order valence-electron chi connectivity index (χ1n) is 8.52. The lowest BCUT2D eigenvalue weighted by Gasteiger charge is -2.12. The molecule has 1 amide bonds. The van der Waals surface area contributed by atoms with Gasteiger partial charge in [-0.25, -0.2) is 5.43 Å². The van der Waals surface area contributed by atoms with Crippen LogP contribution in [0.3, 0.4) is 0 Å². The van der Waals surface area contributed by atoms with Gasteiger partial charge >= 0.3 is 0 Å². The highest BCUT2D eigenvalue weighted by Gasteiger charge is 2.14. The van der Waals surface area contributed by atoms with Crippen LogP contribution >= 0.6 is 15.9 Å². The zero-order valence-corrected chi connectivity index (χ0v) is 16.8. The van der Waals surface area contributed by atoms with Gasteiger partial charge < -0.3 is 9.15 Å². The average molecular weight is 458 g/mol. The number of carbonyl (C=O) groups is 1. The highest BCUT2D eigenvalue weighted by atomic mass is 79.9. The van der Waals surface area contributed by atoms with Crippen molar-refractivity contribution in [2.75, 3.05) is 0 Å². The van der Waals surface area contributed by atoms with Gasteiger partial charge in [-0.1, -0.05) is 15.9 Å². The van der Waals surface area contributed by atoms with Crippen LogP contribution in [0.4, 0.5) is 5.69 Å². The van der Waals surface area contributed by atoms with E-state index in [4.69, 9.17) is 9.15 Å². The molecule has 3 rings (SSSR count). The Morgan fingerprint density at radius 1 is 1.17 bits per heavy atom. The minimum absolute atomic E-state index is 0.00396. The Balaban J connectivity index is 1.55. The van der Waals surface area contributed by atoms with Gasteiger partial charge in [-0.3, -0.25) is 14.9 Å². The second-order valence-electron chi connectivity index (χ2n) is 5.95. The van der Waals surface area contributed by atoms with Crippen LogP contribution in [0.1, 0.15) is 12.7 Å². The number of benzene rings is 2. The van der Waals surface area contributed by atoms with Crippen LogP contribution in [0.15, 0.2) is 74.7 Å². The maximum atomic E-state index is 12.1. The van der Waals surface area contributed by atoms with E-state index in [1.165, 1.54) is 18.3 Å². The number of halogens is 1. The summed E-state index contributed by atoms with van der Waals surface area (Å²) in [5, 5.41) is 14.6. The second kappa shape index (κ2) is 9.16. The lowest BCUT2D eigenvalue weighted by atomic mass is 10.1. The van der Waals surface area contributed by atoms with Gasteiger partial charge in [0.05, 0.1) is 11.1 Å². The van der Waals surface area contributed by atoms with E-state index in [1.807, 2.05) is 12.1 Å². The average Bonchev–Trinajstić information content (AvgIpc) is 3.18. The first-order valence-corrected chi connectivity index (χ1v) is 9.31. The van der Waals surface area contributed by atoms with Crippen molar-refractivity contribution < 1.29 is 18.9 Å². The Morgan fingerprint density at radius 2 is 1.86 bits per heavy atom. The number of carbonyl (C=O) groups excluding carboxylic acids is 1. The molecule has 29 heavy (non-hydrogen) atoms. The fraction of sp³-hybridized carbons (Fsp3) is 0.100. The molecule has 148 valence electrons. The third kappa shape index (κ3) is 5.52. The zero-order valence-electron chi connectivity index (χ0n) is 15.2. The van der Waals surface area contributed by atoms with Gasteiger partial charge in [0.1, 0.15) is 17.3 Å². The number of nitrogens with one attached hydrogen (secondary N) is 1. The molecule has 0 aliphatic rings. The summed E-state index contributed by atoms with van der Waals surface area (Å²) in [6.45, 7) is 1.62. The molecule has 0 aliphatic carbocycles. The molecule has 1 aromatic heterocycles. The quantitative estimate of drug-likeness (QED) is 0.318. The van der Waals surface area contributed by atoms with Crippen LogP contribution in [-0.2, 0) is 4.79 Å². The number of nitro groups is 1. The SMILES string of the molecule is C[C@H](Oc1ccc(Br)cc1)C(=O)N/N=C\c1ccc(-c2ccc([N+](=O)[O-])cc2)o1. The van der Waals surface area contributed by atoms with E-state index in [0.29, 0.717) is 22.8 Å². The maximum absolute atomic E-state index is 12.1. The van der Waals surface area contributed by atoms with Crippen LogP contribution in [0, 0.1) is 10.1 Å². The smallest absolute Gasteiger partial charge is 0.280 e. The number of nitrogens with zero attached hydrogens (tertiary/aromatic N) is 2. The summed E-state index contributed by atoms with van der Waals surface area (Å²) in [6.07, 6.45) is 0.625. The largest absolute Gasteiger partial charge is 0.481 e. The lowest BCUT2D eigenvalue weighted by molar-refractivity contribution is -0.384. The standard InChI is InChI=1S/C20H16BrN3O5/c1-13(28-17-8-4-15(21)5-9-17)20(25)23-22-12-18-10-11-19(29-18)14-2-6-16(7-3-14)24(26)27/h2-13H,1H3,(H,23,25)/b22-12-/t13-/m0/s1. The highest BCUT2D eigenvalue weighted by Crippen LogP contribution is 2.24. The monoisotopic (exact) mass is 457 g/mol. The molecule has 0 radical (unpaired) electrons. The van der Waals surface area contributed by atoms with Gasteiger partial charge in [0.15, 0.2) is 6.10 Å². The number of rotatable bonds is 7.